The molecule has 3 rings (SSSR count). The standard InChI is InChI=1S/C29H37N2O4P/c1-3-34-36(32,35-4-2)23-12-8-6-5-7-11-22-33-29-20-18-27(19-21-29)30-31-28-17-13-16-26(24-28)25-14-9-10-15-25/h9-10,13-14,16-21,24H,3-8,11-12,22-23H2,1-2H3. The number of ether oxygens (including phenoxy) is 1. The molecule has 0 heterocycles. The van der Waals surface area contributed by atoms with Gasteiger partial charge in [-0.15, -0.1) is 5.73 Å². The van der Waals surface area contributed by atoms with Gasteiger partial charge in [-0.1, -0.05) is 43.9 Å². The molecule has 2 aromatic carbocycles. The lowest BCUT2D eigenvalue weighted by Crippen LogP contribution is -2.00. The lowest BCUT2D eigenvalue weighted by atomic mass is 10.1. The van der Waals surface area contributed by atoms with Crippen molar-refractivity contribution in [2.24, 2.45) is 10.2 Å². The summed E-state index contributed by atoms with van der Waals surface area (Å²) in [4.78, 5) is 0. The Hall–Kier alpha value is -2.75. The van der Waals surface area contributed by atoms with Crippen molar-refractivity contribution in [2.75, 3.05) is 26.0 Å². The smallest absolute Gasteiger partial charge is 0.330 e. The van der Waals surface area contributed by atoms with E-state index in [1.807, 2.05) is 80.6 Å². The number of hydrogen-bond acceptors (Lipinski definition) is 6. The van der Waals surface area contributed by atoms with Gasteiger partial charge >= 0.3 is 7.60 Å². The third-order valence-corrected chi connectivity index (χ3v) is 7.79. The van der Waals surface area contributed by atoms with E-state index in [1.165, 1.54) is 0 Å². The molecule has 0 radical (unpaired) electrons. The summed E-state index contributed by atoms with van der Waals surface area (Å²) in [5.74, 6) is 0.838. The van der Waals surface area contributed by atoms with Crippen LogP contribution in [0.4, 0.5) is 11.4 Å². The molecule has 0 amide bonds. The Morgan fingerprint density at radius 3 is 2.22 bits per heavy atom. The summed E-state index contributed by atoms with van der Waals surface area (Å²) in [7, 11) is -2.89. The summed E-state index contributed by atoms with van der Waals surface area (Å²) in [5, 5.41) is 8.71. The van der Waals surface area contributed by atoms with Crippen LogP contribution in [0.2, 0.25) is 0 Å². The fraction of sp³-hybridized carbons (Fsp3) is 0.414. The minimum Gasteiger partial charge on any atom is -0.494 e. The lowest BCUT2D eigenvalue weighted by Gasteiger charge is -2.16. The second-order valence-corrected chi connectivity index (χ2v) is 10.7. The van der Waals surface area contributed by atoms with Gasteiger partial charge in [-0.3, -0.25) is 4.57 Å². The van der Waals surface area contributed by atoms with Gasteiger partial charge in [0.05, 0.1) is 37.4 Å². The number of allylic oxidation sites excluding steroid dienone is 3. The average Bonchev–Trinajstić information content (AvgIpc) is 3.43. The first-order valence-corrected chi connectivity index (χ1v) is 14.6. The van der Waals surface area contributed by atoms with Crippen molar-refractivity contribution in [2.45, 2.75) is 52.4 Å². The van der Waals surface area contributed by atoms with Crippen molar-refractivity contribution >= 4 is 24.5 Å². The fourth-order valence-electron chi connectivity index (χ4n) is 3.83. The number of benzene rings is 2. The van der Waals surface area contributed by atoms with Crippen molar-refractivity contribution in [1.29, 1.82) is 0 Å². The second-order valence-electron chi connectivity index (χ2n) is 8.47. The minimum atomic E-state index is -2.89. The summed E-state index contributed by atoms with van der Waals surface area (Å²) in [5.41, 5.74) is 6.93. The van der Waals surface area contributed by atoms with Gasteiger partial charge in [0.15, 0.2) is 0 Å². The predicted molar refractivity (Wildman–Crippen MR) is 147 cm³/mol. The summed E-state index contributed by atoms with van der Waals surface area (Å²) in [6, 6.07) is 15.7. The van der Waals surface area contributed by atoms with Crippen molar-refractivity contribution in [1.82, 2.24) is 0 Å². The van der Waals surface area contributed by atoms with Crippen molar-refractivity contribution in [3.05, 3.63) is 78.1 Å². The molecule has 6 nitrogen and oxygen atoms in total. The molecule has 7 heteroatoms. The minimum absolute atomic E-state index is 0.424. The van der Waals surface area contributed by atoms with Gasteiger partial charge in [0.1, 0.15) is 5.75 Å². The highest BCUT2D eigenvalue weighted by atomic mass is 31.2. The Morgan fingerprint density at radius 1 is 0.833 bits per heavy atom. The van der Waals surface area contributed by atoms with E-state index in [2.05, 4.69) is 16.0 Å². The molecule has 0 aliphatic heterocycles. The quantitative estimate of drug-likeness (QED) is 0.0924. The Balaban J connectivity index is 1.30. The number of nitrogens with zero attached hydrogens (tertiary/aromatic N) is 2. The topological polar surface area (TPSA) is 69.5 Å². The van der Waals surface area contributed by atoms with Gasteiger partial charge in [0.2, 0.25) is 0 Å². The molecule has 0 aromatic heterocycles. The van der Waals surface area contributed by atoms with Gasteiger partial charge < -0.3 is 13.8 Å². The Labute approximate surface area is 215 Å². The van der Waals surface area contributed by atoms with Gasteiger partial charge in [-0.2, -0.15) is 10.2 Å². The van der Waals surface area contributed by atoms with Gasteiger partial charge in [0.25, 0.3) is 0 Å². The molecular formula is C29H37N2O4P. The van der Waals surface area contributed by atoms with Crippen LogP contribution in [0.1, 0.15) is 57.9 Å². The SMILES string of the molecule is CCOP(=O)(CCCCCCCCOc1ccc(N=Nc2cccc(C3=C=CC=C3)c2)cc1)OCC. The molecule has 36 heavy (non-hydrogen) atoms. The first-order valence-electron chi connectivity index (χ1n) is 12.9. The van der Waals surface area contributed by atoms with Crippen molar-refractivity contribution in [3.8, 4) is 5.75 Å². The van der Waals surface area contributed by atoms with E-state index in [0.29, 0.717) is 26.0 Å². The third kappa shape index (κ3) is 9.72. The molecule has 0 spiro atoms. The maximum atomic E-state index is 12.4. The van der Waals surface area contributed by atoms with E-state index in [-0.39, 0.29) is 0 Å². The van der Waals surface area contributed by atoms with E-state index >= 15 is 0 Å². The van der Waals surface area contributed by atoms with Crippen LogP contribution in [-0.2, 0) is 13.6 Å². The number of unbranched alkanes of at least 4 members (excludes halogenated alkanes) is 5. The molecule has 1 aliphatic carbocycles. The molecule has 1 aliphatic rings. The van der Waals surface area contributed by atoms with Crippen LogP contribution >= 0.6 is 7.60 Å². The zero-order valence-electron chi connectivity index (χ0n) is 21.4. The molecule has 0 fully saturated rings. The van der Waals surface area contributed by atoms with Crippen LogP contribution < -0.4 is 4.74 Å². The zero-order valence-corrected chi connectivity index (χ0v) is 22.3. The van der Waals surface area contributed by atoms with E-state index in [9.17, 15) is 4.57 Å². The Morgan fingerprint density at radius 2 is 1.53 bits per heavy atom. The van der Waals surface area contributed by atoms with Crippen LogP contribution in [0.5, 0.6) is 5.75 Å². The Bertz CT molecular complexity index is 1110. The summed E-state index contributed by atoms with van der Waals surface area (Å²) in [6.45, 7) is 5.23. The first kappa shape index (κ1) is 27.8. The third-order valence-electron chi connectivity index (χ3n) is 5.62. The average molecular weight is 509 g/mol. The lowest BCUT2D eigenvalue weighted by molar-refractivity contribution is 0.219. The first-order chi connectivity index (χ1) is 17.6. The summed E-state index contributed by atoms with van der Waals surface area (Å²) in [6.07, 6.45) is 12.7. The van der Waals surface area contributed by atoms with Crippen molar-refractivity contribution < 1.29 is 18.3 Å². The summed E-state index contributed by atoms with van der Waals surface area (Å²) < 4.78 is 29.0. The molecule has 0 unspecified atom stereocenters. The van der Waals surface area contributed by atoms with Gasteiger partial charge in [-0.05, 0) is 80.8 Å². The molecule has 0 bridgehead atoms. The van der Waals surface area contributed by atoms with Crippen LogP contribution in [-0.4, -0.2) is 26.0 Å². The maximum absolute atomic E-state index is 12.4. The second kappa shape index (κ2) is 15.4. The molecule has 192 valence electrons. The Kier molecular flexibility index (Phi) is 11.9. The largest absolute Gasteiger partial charge is 0.494 e. The zero-order chi connectivity index (χ0) is 25.5. The fourth-order valence-corrected chi connectivity index (χ4v) is 5.56. The molecule has 0 saturated carbocycles. The highest BCUT2D eigenvalue weighted by molar-refractivity contribution is 7.53. The summed E-state index contributed by atoms with van der Waals surface area (Å²) >= 11 is 0. The monoisotopic (exact) mass is 508 g/mol. The van der Waals surface area contributed by atoms with Crippen LogP contribution in [0.3, 0.4) is 0 Å². The van der Waals surface area contributed by atoms with E-state index in [4.69, 9.17) is 13.8 Å². The van der Waals surface area contributed by atoms with Gasteiger partial charge in [0, 0.05) is 5.57 Å². The highest BCUT2D eigenvalue weighted by Crippen LogP contribution is 2.48. The molecule has 0 saturated heterocycles. The van der Waals surface area contributed by atoms with Gasteiger partial charge in [-0.25, -0.2) is 0 Å². The molecule has 0 N–H and O–H groups in total. The molecular weight excluding hydrogens is 471 g/mol. The van der Waals surface area contributed by atoms with Crippen LogP contribution in [0.25, 0.3) is 5.57 Å². The van der Waals surface area contributed by atoms with Crippen molar-refractivity contribution in [3.63, 3.8) is 0 Å². The number of hydrogen-bond donors (Lipinski definition) is 0. The van der Waals surface area contributed by atoms with E-state index in [1.54, 1.807) is 0 Å². The predicted octanol–water partition coefficient (Wildman–Crippen LogP) is 9.20. The van der Waals surface area contributed by atoms with Crippen LogP contribution in [0, 0.1) is 0 Å². The number of azo groups is 1. The molecule has 0 atom stereocenters. The molecule has 2 aromatic rings. The van der Waals surface area contributed by atoms with E-state index < -0.39 is 7.60 Å². The highest BCUT2D eigenvalue weighted by Gasteiger charge is 2.22. The maximum Gasteiger partial charge on any atom is 0.330 e. The normalized spacial score (nSPS) is 13.0. The van der Waals surface area contributed by atoms with E-state index in [0.717, 1.165) is 66.8 Å². The van der Waals surface area contributed by atoms with Crippen LogP contribution in [0.15, 0.2) is 82.7 Å². The number of rotatable bonds is 17.